The first kappa shape index (κ1) is 17.6. The van der Waals surface area contributed by atoms with Crippen LogP contribution in [0.5, 0.6) is 0 Å². The Kier molecular flexibility index (Phi) is 4.54. The molecule has 1 N–H and O–H groups in total. The first-order chi connectivity index (χ1) is 14.3. The third kappa shape index (κ3) is 3.17. The minimum absolute atomic E-state index is 0.0528. The molecule has 1 saturated heterocycles. The van der Waals surface area contributed by atoms with E-state index in [2.05, 4.69) is 55.2 Å². The topological polar surface area (TPSA) is 46.0 Å². The van der Waals surface area contributed by atoms with E-state index < -0.39 is 0 Å². The summed E-state index contributed by atoms with van der Waals surface area (Å²) in [5.41, 5.74) is 4.20. The lowest BCUT2D eigenvalue weighted by atomic mass is 10.0. The Morgan fingerprint density at radius 1 is 0.793 bits per heavy atom. The van der Waals surface area contributed by atoms with E-state index in [0.717, 1.165) is 22.8 Å². The van der Waals surface area contributed by atoms with Gasteiger partial charge < -0.3 is 14.8 Å². The molecule has 1 aliphatic heterocycles. The summed E-state index contributed by atoms with van der Waals surface area (Å²) in [6.45, 7) is 0. The quantitative estimate of drug-likeness (QED) is 0.516. The van der Waals surface area contributed by atoms with E-state index in [1.807, 2.05) is 67.1 Å². The molecule has 6 heteroatoms. The Balaban J connectivity index is 1.67. The van der Waals surface area contributed by atoms with E-state index in [4.69, 9.17) is 12.2 Å². The van der Waals surface area contributed by atoms with Crippen LogP contribution < -0.4 is 10.2 Å². The summed E-state index contributed by atoms with van der Waals surface area (Å²) in [6.07, 6.45) is 7.51. The van der Waals surface area contributed by atoms with E-state index in [9.17, 15) is 0 Å². The van der Waals surface area contributed by atoms with Gasteiger partial charge in [0.15, 0.2) is 5.11 Å². The largest absolute Gasteiger partial charge is 0.351 e. The van der Waals surface area contributed by atoms with Gasteiger partial charge in [-0.05, 0) is 60.7 Å². The van der Waals surface area contributed by atoms with E-state index in [-0.39, 0.29) is 12.1 Å². The van der Waals surface area contributed by atoms with Crippen molar-refractivity contribution in [2.24, 2.45) is 0 Å². The number of aromatic nitrogens is 3. The molecule has 0 bridgehead atoms. The Morgan fingerprint density at radius 2 is 1.59 bits per heavy atom. The van der Waals surface area contributed by atoms with Gasteiger partial charge in [-0.25, -0.2) is 0 Å². The summed E-state index contributed by atoms with van der Waals surface area (Å²) >= 11 is 5.78. The second-order valence-electron chi connectivity index (χ2n) is 6.84. The first-order valence-electron chi connectivity index (χ1n) is 9.46. The fourth-order valence-corrected chi connectivity index (χ4v) is 4.24. The highest BCUT2D eigenvalue weighted by molar-refractivity contribution is 7.80. The first-order valence-corrected chi connectivity index (χ1v) is 9.87. The summed E-state index contributed by atoms with van der Waals surface area (Å²) in [6, 6.07) is 24.3. The molecule has 5 nitrogen and oxygen atoms in total. The zero-order valence-corrected chi connectivity index (χ0v) is 16.4. The second kappa shape index (κ2) is 7.48. The highest BCUT2D eigenvalue weighted by Crippen LogP contribution is 2.42. The third-order valence-electron chi connectivity index (χ3n) is 5.16. The van der Waals surface area contributed by atoms with Crippen LogP contribution in [0.1, 0.15) is 23.5 Å². The number of hydrogen-bond donors (Lipinski definition) is 1. The van der Waals surface area contributed by atoms with Gasteiger partial charge in [0.2, 0.25) is 0 Å². The van der Waals surface area contributed by atoms with Crippen molar-refractivity contribution >= 4 is 23.0 Å². The Hall–Kier alpha value is -3.51. The van der Waals surface area contributed by atoms with Crippen molar-refractivity contribution in [1.82, 2.24) is 19.9 Å². The highest BCUT2D eigenvalue weighted by atomic mass is 32.1. The van der Waals surface area contributed by atoms with Crippen LogP contribution in [-0.2, 0) is 0 Å². The van der Waals surface area contributed by atoms with Crippen molar-refractivity contribution in [2.45, 2.75) is 12.1 Å². The number of hydrogen-bond acceptors (Lipinski definition) is 3. The Morgan fingerprint density at radius 3 is 2.34 bits per heavy atom. The second-order valence-corrected chi connectivity index (χ2v) is 7.23. The van der Waals surface area contributed by atoms with Crippen molar-refractivity contribution in [1.29, 1.82) is 0 Å². The van der Waals surface area contributed by atoms with Gasteiger partial charge in [-0.1, -0.05) is 24.3 Å². The number of anilines is 1. The fourth-order valence-electron chi connectivity index (χ4n) is 3.90. The summed E-state index contributed by atoms with van der Waals surface area (Å²) in [4.78, 5) is 11.0. The summed E-state index contributed by atoms with van der Waals surface area (Å²) < 4.78 is 2.19. The van der Waals surface area contributed by atoms with Gasteiger partial charge in [-0.3, -0.25) is 9.97 Å². The van der Waals surface area contributed by atoms with E-state index in [1.54, 1.807) is 0 Å². The normalized spacial score (nSPS) is 18.6. The average molecular weight is 398 g/mol. The number of nitrogens with zero attached hydrogens (tertiary/aromatic N) is 4. The van der Waals surface area contributed by atoms with Crippen molar-refractivity contribution in [3.8, 4) is 5.69 Å². The van der Waals surface area contributed by atoms with Crippen molar-refractivity contribution in [2.75, 3.05) is 4.90 Å². The molecular weight excluding hydrogens is 378 g/mol. The number of para-hydroxylation sites is 1. The lowest BCUT2D eigenvalue weighted by molar-refractivity contribution is 0.549. The highest BCUT2D eigenvalue weighted by Gasteiger charge is 2.42. The number of nitrogens with one attached hydrogen (secondary N) is 1. The maximum atomic E-state index is 5.78. The van der Waals surface area contributed by atoms with Crippen LogP contribution in [0.15, 0.2) is 97.6 Å². The van der Waals surface area contributed by atoms with Crippen LogP contribution in [0.3, 0.4) is 0 Å². The molecule has 4 aromatic rings. The molecule has 2 atom stereocenters. The molecule has 0 saturated carbocycles. The van der Waals surface area contributed by atoms with Crippen LogP contribution >= 0.6 is 12.2 Å². The van der Waals surface area contributed by atoms with E-state index in [1.165, 1.54) is 0 Å². The third-order valence-corrected chi connectivity index (χ3v) is 5.47. The SMILES string of the molecule is S=C1N[C@H](c2ccccn2)[C@H](c2cccn2-c2ccncc2)N1c1ccccc1. The lowest BCUT2D eigenvalue weighted by Gasteiger charge is -2.29. The van der Waals surface area contributed by atoms with Crippen LogP contribution in [0.4, 0.5) is 5.69 Å². The maximum Gasteiger partial charge on any atom is 0.174 e. The van der Waals surface area contributed by atoms with Crippen molar-refractivity contribution in [3.05, 3.63) is 109 Å². The molecule has 1 fully saturated rings. The fraction of sp³-hybridized carbons (Fsp3) is 0.0870. The zero-order chi connectivity index (χ0) is 19.6. The molecule has 0 amide bonds. The summed E-state index contributed by atoms with van der Waals surface area (Å²) in [7, 11) is 0. The van der Waals surface area contributed by atoms with E-state index in [0.29, 0.717) is 5.11 Å². The molecule has 142 valence electrons. The predicted octanol–water partition coefficient (Wildman–Crippen LogP) is 4.44. The molecule has 0 spiro atoms. The average Bonchev–Trinajstić information content (AvgIpc) is 3.40. The number of pyridine rings is 2. The molecule has 0 unspecified atom stereocenters. The van der Waals surface area contributed by atoms with Crippen LogP contribution in [0, 0.1) is 0 Å². The Labute approximate surface area is 174 Å². The summed E-state index contributed by atoms with van der Waals surface area (Å²) in [5.74, 6) is 0. The molecule has 3 aromatic heterocycles. The van der Waals surface area contributed by atoms with Gasteiger partial charge in [0.1, 0.15) is 6.04 Å². The molecule has 5 rings (SSSR count). The standard InChI is InChI=1S/C23H19N5S/c29-23-26-21(19-9-4-5-13-25-19)22(28(23)18-7-2-1-3-8-18)20-10-6-16-27(20)17-11-14-24-15-12-17/h1-16,21-22H,(H,26,29)/t21-,22+/m1/s1. The molecule has 0 radical (unpaired) electrons. The minimum Gasteiger partial charge on any atom is -0.351 e. The number of benzene rings is 1. The minimum atomic E-state index is -0.0700. The van der Waals surface area contributed by atoms with Gasteiger partial charge in [0.25, 0.3) is 0 Å². The van der Waals surface area contributed by atoms with Gasteiger partial charge in [0.05, 0.1) is 11.7 Å². The molecular formula is C23H19N5S. The van der Waals surface area contributed by atoms with E-state index >= 15 is 0 Å². The maximum absolute atomic E-state index is 5.78. The monoisotopic (exact) mass is 397 g/mol. The Bertz CT molecular complexity index is 1110. The van der Waals surface area contributed by atoms with Crippen LogP contribution in [-0.4, -0.2) is 19.6 Å². The predicted molar refractivity (Wildman–Crippen MR) is 118 cm³/mol. The number of rotatable bonds is 4. The molecule has 1 aromatic carbocycles. The number of thiocarbonyl (C=S) groups is 1. The van der Waals surface area contributed by atoms with Gasteiger partial charge in [-0.2, -0.15) is 0 Å². The lowest BCUT2D eigenvalue weighted by Crippen LogP contribution is -2.30. The van der Waals surface area contributed by atoms with Crippen LogP contribution in [0.2, 0.25) is 0 Å². The van der Waals surface area contributed by atoms with Crippen molar-refractivity contribution in [3.63, 3.8) is 0 Å². The zero-order valence-electron chi connectivity index (χ0n) is 15.6. The molecule has 4 heterocycles. The molecule has 0 aliphatic carbocycles. The smallest absolute Gasteiger partial charge is 0.174 e. The van der Waals surface area contributed by atoms with Gasteiger partial charge in [0, 0.05) is 41.9 Å². The molecule has 29 heavy (non-hydrogen) atoms. The van der Waals surface area contributed by atoms with Gasteiger partial charge >= 0.3 is 0 Å². The van der Waals surface area contributed by atoms with Crippen LogP contribution in [0.25, 0.3) is 5.69 Å². The summed E-state index contributed by atoms with van der Waals surface area (Å²) in [5, 5.41) is 4.20. The van der Waals surface area contributed by atoms with Gasteiger partial charge in [-0.15, -0.1) is 0 Å². The molecule has 1 aliphatic rings. The van der Waals surface area contributed by atoms with Crippen molar-refractivity contribution < 1.29 is 0 Å².